The summed E-state index contributed by atoms with van der Waals surface area (Å²) in [5, 5.41) is 24.5. The first-order valence-electron chi connectivity index (χ1n) is 6.10. The first kappa shape index (κ1) is 17.2. The van der Waals surface area contributed by atoms with Crippen molar-refractivity contribution in [1.82, 2.24) is 16.0 Å². The monoisotopic (exact) mass is 275 g/mol. The van der Waals surface area contributed by atoms with Gasteiger partial charge in [0.2, 0.25) is 5.91 Å². The molecule has 0 aliphatic carbocycles. The van der Waals surface area contributed by atoms with Crippen LogP contribution in [0.2, 0.25) is 0 Å². The van der Waals surface area contributed by atoms with Crippen molar-refractivity contribution in [2.75, 3.05) is 13.2 Å². The van der Waals surface area contributed by atoms with E-state index < -0.39 is 24.1 Å². The molecule has 0 aromatic carbocycles. The van der Waals surface area contributed by atoms with Gasteiger partial charge in [0.05, 0.1) is 0 Å². The molecule has 110 valence electrons. The van der Waals surface area contributed by atoms with Crippen LogP contribution in [0.5, 0.6) is 0 Å². The van der Waals surface area contributed by atoms with E-state index >= 15 is 0 Å². The summed E-state index contributed by atoms with van der Waals surface area (Å²) in [6.07, 6.45) is 0.682. The Labute approximate surface area is 111 Å². The molecule has 0 aliphatic heterocycles. The standard InChI is InChI=1S/C11H21N3O5/c1-3-5-12-9(16)7(2)13-11(19)14-8(4-6-15)10(17)18/h7-8,15H,3-6H2,1-2H3,(H,12,16)(H,17,18)(H2,13,14,19). The van der Waals surface area contributed by atoms with Crippen molar-refractivity contribution in [3.8, 4) is 0 Å². The average Bonchev–Trinajstić information content (AvgIpc) is 2.34. The van der Waals surface area contributed by atoms with Gasteiger partial charge in [0, 0.05) is 19.6 Å². The van der Waals surface area contributed by atoms with Crippen molar-refractivity contribution in [1.29, 1.82) is 0 Å². The van der Waals surface area contributed by atoms with E-state index in [2.05, 4.69) is 16.0 Å². The molecule has 3 amide bonds. The highest BCUT2D eigenvalue weighted by molar-refractivity contribution is 5.88. The molecule has 0 radical (unpaired) electrons. The molecule has 2 unspecified atom stereocenters. The van der Waals surface area contributed by atoms with Crippen LogP contribution >= 0.6 is 0 Å². The number of rotatable bonds is 8. The topological polar surface area (TPSA) is 128 Å². The summed E-state index contributed by atoms with van der Waals surface area (Å²) in [5.74, 6) is -1.58. The van der Waals surface area contributed by atoms with Crippen LogP contribution in [-0.4, -0.2) is 53.4 Å². The number of aliphatic carboxylic acids is 1. The zero-order valence-corrected chi connectivity index (χ0v) is 11.1. The Hall–Kier alpha value is -1.83. The number of amides is 3. The molecule has 0 saturated heterocycles. The van der Waals surface area contributed by atoms with Crippen LogP contribution < -0.4 is 16.0 Å². The minimum atomic E-state index is -1.24. The van der Waals surface area contributed by atoms with Crippen LogP contribution in [-0.2, 0) is 9.59 Å². The van der Waals surface area contributed by atoms with Gasteiger partial charge in [0.15, 0.2) is 0 Å². The van der Waals surface area contributed by atoms with Gasteiger partial charge in [0.1, 0.15) is 12.1 Å². The Bertz CT molecular complexity index is 321. The quantitative estimate of drug-likeness (QED) is 0.389. The van der Waals surface area contributed by atoms with E-state index in [1.165, 1.54) is 6.92 Å². The molecule has 0 saturated carbocycles. The molecule has 0 aromatic heterocycles. The Morgan fingerprint density at radius 1 is 1.21 bits per heavy atom. The number of urea groups is 1. The van der Waals surface area contributed by atoms with Gasteiger partial charge >= 0.3 is 12.0 Å². The molecule has 0 fully saturated rings. The summed E-state index contributed by atoms with van der Waals surface area (Å²) in [4.78, 5) is 33.7. The molecule has 8 nitrogen and oxygen atoms in total. The second-order valence-corrected chi connectivity index (χ2v) is 4.03. The van der Waals surface area contributed by atoms with Crippen LogP contribution in [0.3, 0.4) is 0 Å². The van der Waals surface area contributed by atoms with E-state index in [1.54, 1.807) is 0 Å². The maximum Gasteiger partial charge on any atom is 0.326 e. The van der Waals surface area contributed by atoms with Gasteiger partial charge in [-0.15, -0.1) is 0 Å². The first-order chi connectivity index (χ1) is 8.92. The average molecular weight is 275 g/mol. The molecule has 8 heteroatoms. The summed E-state index contributed by atoms with van der Waals surface area (Å²) in [6, 6.07) is -2.72. The molecule has 0 aromatic rings. The lowest BCUT2D eigenvalue weighted by molar-refractivity contribution is -0.139. The highest BCUT2D eigenvalue weighted by Gasteiger charge is 2.21. The summed E-state index contributed by atoms with van der Waals surface area (Å²) >= 11 is 0. The van der Waals surface area contributed by atoms with Crippen LogP contribution in [0.4, 0.5) is 4.79 Å². The fourth-order valence-electron chi connectivity index (χ4n) is 1.25. The smallest absolute Gasteiger partial charge is 0.326 e. The molecular weight excluding hydrogens is 254 g/mol. The number of aliphatic hydroxyl groups excluding tert-OH is 1. The number of carbonyl (C=O) groups excluding carboxylic acids is 2. The number of carboxylic acids is 1. The summed E-state index contributed by atoms with van der Waals surface area (Å²) in [5.41, 5.74) is 0. The van der Waals surface area contributed by atoms with Crippen LogP contribution in [0.25, 0.3) is 0 Å². The van der Waals surface area contributed by atoms with E-state index in [-0.39, 0.29) is 18.9 Å². The number of carbonyl (C=O) groups is 3. The highest BCUT2D eigenvalue weighted by atomic mass is 16.4. The molecule has 19 heavy (non-hydrogen) atoms. The second-order valence-electron chi connectivity index (χ2n) is 4.03. The van der Waals surface area contributed by atoms with E-state index in [1.807, 2.05) is 6.92 Å². The van der Waals surface area contributed by atoms with Gasteiger partial charge in [-0.25, -0.2) is 9.59 Å². The minimum absolute atomic E-state index is 0.0981. The Kier molecular flexibility index (Phi) is 8.27. The van der Waals surface area contributed by atoms with Crippen LogP contribution in [0.15, 0.2) is 0 Å². The minimum Gasteiger partial charge on any atom is -0.480 e. The van der Waals surface area contributed by atoms with Gasteiger partial charge in [-0.2, -0.15) is 0 Å². The molecule has 0 aliphatic rings. The fraction of sp³-hybridized carbons (Fsp3) is 0.727. The van der Waals surface area contributed by atoms with Crippen molar-refractivity contribution in [2.24, 2.45) is 0 Å². The zero-order chi connectivity index (χ0) is 14.8. The van der Waals surface area contributed by atoms with E-state index in [0.717, 1.165) is 6.42 Å². The molecular formula is C11H21N3O5. The fourth-order valence-corrected chi connectivity index (χ4v) is 1.25. The van der Waals surface area contributed by atoms with Crippen molar-refractivity contribution in [2.45, 2.75) is 38.8 Å². The number of hydrogen-bond acceptors (Lipinski definition) is 4. The molecule has 0 rings (SSSR count). The number of carboxylic acid groups (broad SMARTS) is 1. The second kappa shape index (κ2) is 9.15. The van der Waals surface area contributed by atoms with Gasteiger partial charge in [-0.3, -0.25) is 4.79 Å². The molecule has 5 N–H and O–H groups in total. The molecule has 2 atom stereocenters. The molecule has 0 bridgehead atoms. The first-order valence-corrected chi connectivity index (χ1v) is 6.10. The van der Waals surface area contributed by atoms with E-state index in [4.69, 9.17) is 10.2 Å². The number of aliphatic hydroxyl groups is 1. The lowest BCUT2D eigenvalue weighted by Gasteiger charge is -2.17. The SMILES string of the molecule is CCCNC(=O)C(C)NC(=O)NC(CCO)C(=O)O. The maximum absolute atomic E-state index is 11.5. The Morgan fingerprint density at radius 3 is 2.32 bits per heavy atom. The van der Waals surface area contributed by atoms with Crippen LogP contribution in [0.1, 0.15) is 26.7 Å². The van der Waals surface area contributed by atoms with E-state index in [9.17, 15) is 14.4 Å². The van der Waals surface area contributed by atoms with E-state index in [0.29, 0.717) is 6.54 Å². The normalized spacial score (nSPS) is 13.2. The predicted octanol–water partition coefficient (Wildman–Crippen LogP) is -0.964. The van der Waals surface area contributed by atoms with Crippen molar-refractivity contribution in [3.05, 3.63) is 0 Å². The lowest BCUT2D eigenvalue weighted by atomic mass is 10.2. The Morgan fingerprint density at radius 2 is 1.84 bits per heavy atom. The third-order valence-corrected chi connectivity index (χ3v) is 2.31. The number of hydrogen-bond donors (Lipinski definition) is 5. The molecule has 0 heterocycles. The summed E-state index contributed by atoms with van der Waals surface area (Å²) in [7, 11) is 0. The van der Waals surface area contributed by atoms with Gasteiger partial charge in [-0.1, -0.05) is 6.92 Å². The van der Waals surface area contributed by atoms with Crippen molar-refractivity contribution < 1.29 is 24.6 Å². The highest BCUT2D eigenvalue weighted by Crippen LogP contribution is 1.92. The van der Waals surface area contributed by atoms with Crippen molar-refractivity contribution in [3.63, 3.8) is 0 Å². The zero-order valence-electron chi connectivity index (χ0n) is 11.1. The molecule has 0 spiro atoms. The Balaban J connectivity index is 4.21. The predicted molar refractivity (Wildman–Crippen MR) is 67.6 cm³/mol. The summed E-state index contributed by atoms with van der Waals surface area (Å²) < 4.78 is 0. The third-order valence-electron chi connectivity index (χ3n) is 2.31. The summed E-state index contributed by atoms with van der Waals surface area (Å²) in [6.45, 7) is 3.54. The van der Waals surface area contributed by atoms with Gasteiger partial charge in [-0.05, 0) is 13.3 Å². The van der Waals surface area contributed by atoms with Crippen molar-refractivity contribution >= 4 is 17.9 Å². The third kappa shape index (κ3) is 7.24. The largest absolute Gasteiger partial charge is 0.480 e. The number of nitrogens with one attached hydrogen (secondary N) is 3. The van der Waals surface area contributed by atoms with Crippen LogP contribution in [0, 0.1) is 0 Å². The maximum atomic E-state index is 11.5. The lowest BCUT2D eigenvalue weighted by Crippen LogP contribution is -2.52. The van der Waals surface area contributed by atoms with Gasteiger partial charge < -0.3 is 26.2 Å². The van der Waals surface area contributed by atoms with Gasteiger partial charge in [0.25, 0.3) is 0 Å².